The van der Waals surface area contributed by atoms with Gasteiger partial charge in [0.1, 0.15) is 11.9 Å². The lowest BCUT2D eigenvalue weighted by Gasteiger charge is -2.29. The smallest absolute Gasteiger partial charge is 0.158 e. The van der Waals surface area contributed by atoms with Crippen LogP contribution < -0.4 is 0 Å². The second-order valence-corrected chi connectivity index (χ2v) is 8.12. The Labute approximate surface area is 188 Å². The molecule has 0 radical (unpaired) electrons. The summed E-state index contributed by atoms with van der Waals surface area (Å²) in [6.07, 6.45) is 2.72. The molecule has 0 amide bonds. The van der Waals surface area contributed by atoms with Crippen molar-refractivity contribution >= 4 is 10.8 Å². The van der Waals surface area contributed by atoms with Gasteiger partial charge >= 0.3 is 0 Å². The molecular weight excluding hydrogens is 405 g/mol. The summed E-state index contributed by atoms with van der Waals surface area (Å²) in [7, 11) is 0. The van der Waals surface area contributed by atoms with Gasteiger partial charge in [-0.15, -0.1) is 0 Å². The second-order valence-electron chi connectivity index (χ2n) is 8.12. The number of hydrogen-bond donors (Lipinski definition) is 0. The van der Waals surface area contributed by atoms with Crippen molar-refractivity contribution in [3.63, 3.8) is 0 Å². The van der Waals surface area contributed by atoms with Crippen molar-refractivity contribution in [2.24, 2.45) is 0 Å². The first-order valence-electron chi connectivity index (χ1n) is 11.2. The summed E-state index contributed by atoms with van der Waals surface area (Å²) >= 11 is 0. The molecule has 1 fully saturated rings. The van der Waals surface area contributed by atoms with Crippen molar-refractivity contribution in [3.8, 4) is 6.07 Å². The number of nitrogens with zero attached hydrogens (tertiary/aromatic N) is 1. The molecule has 3 aromatic rings. The van der Waals surface area contributed by atoms with Gasteiger partial charge in [0.15, 0.2) is 6.29 Å². The van der Waals surface area contributed by atoms with Crippen LogP contribution in [0.2, 0.25) is 0 Å². The zero-order chi connectivity index (χ0) is 22.3. The molecule has 4 nitrogen and oxygen atoms in total. The van der Waals surface area contributed by atoms with Crippen LogP contribution in [0.4, 0.5) is 4.39 Å². The predicted molar refractivity (Wildman–Crippen MR) is 122 cm³/mol. The molecule has 0 atom stereocenters. The number of benzene rings is 3. The average Bonchev–Trinajstić information content (AvgIpc) is 2.84. The SMILES string of the molecule is CCOC1COC(CCc2ccc3c(F)c(CCc4ccc(C#N)cc4)ccc3c2)OC1. The number of fused-ring (bicyclic) bond motifs is 1. The van der Waals surface area contributed by atoms with E-state index < -0.39 is 0 Å². The van der Waals surface area contributed by atoms with Crippen LogP contribution >= 0.6 is 0 Å². The highest BCUT2D eigenvalue weighted by Crippen LogP contribution is 2.25. The van der Waals surface area contributed by atoms with Gasteiger partial charge in [-0.2, -0.15) is 5.26 Å². The van der Waals surface area contributed by atoms with Gasteiger partial charge in [-0.1, -0.05) is 42.5 Å². The summed E-state index contributed by atoms with van der Waals surface area (Å²) in [5.74, 6) is -0.149. The Hall–Kier alpha value is -2.78. The molecule has 0 spiro atoms. The van der Waals surface area contributed by atoms with E-state index in [0.29, 0.717) is 42.8 Å². The Bertz CT molecular complexity index is 1080. The van der Waals surface area contributed by atoms with Gasteiger partial charge in [0.2, 0.25) is 0 Å². The van der Waals surface area contributed by atoms with E-state index in [-0.39, 0.29) is 18.2 Å². The van der Waals surface area contributed by atoms with Crippen LogP contribution in [0.25, 0.3) is 10.8 Å². The summed E-state index contributed by atoms with van der Waals surface area (Å²) in [5.41, 5.74) is 3.58. The van der Waals surface area contributed by atoms with Gasteiger partial charge in [-0.3, -0.25) is 0 Å². The third-order valence-electron chi connectivity index (χ3n) is 5.87. The Morgan fingerprint density at radius 3 is 2.44 bits per heavy atom. The number of rotatable bonds is 8. The van der Waals surface area contributed by atoms with Crippen molar-refractivity contribution < 1.29 is 18.6 Å². The lowest BCUT2D eigenvalue weighted by molar-refractivity contribution is -0.227. The number of aryl methyl sites for hydroxylation is 3. The number of halogens is 1. The first kappa shape index (κ1) is 22.4. The van der Waals surface area contributed by atoms with E-state index in [1.54, 1.807) is 12.1 Å². The van der Waals surface area contributed by atoms with E-state index in [4.69, 9.17) is 19.5 Å². The van der Waals surface area contributed by atoms with E-state index >= 15 is 4.39 Å². The van der Waals surface area contributed by atoms with Crippen LogP contribution in [0.5, 0.6) is 0 Å². The normalized spacial score (nSPS) is 18.5. The molecule has 0 aromatic heterocycles. The fraction of sp³-hybridized carbons (Fsp3) is 0.370. The lowest BCUT2D eigenvalue weighted by Crippen LogP contribution is -2.37. The summed E-state index contributed by atoms with van der Waals surface area (Å²) < 4.78 is 32.1. The predicted octanol–water partition coefficient (Wildman–Crippen LogP) is 5.35. The molecular formula is C27H28FNO3. The Morgan fingerprint density at radius 2 is 1.72 bits per heavy atom. The van der Waals surface area contributed by atoms with E-state index in [0.717, 1.165) is 35.8 Å². The summed E-state index contributed by atoms with van der Waals surface area (Å²) in [5, 5.41) is 10.5. The van der Waals surface area contributed by atoms with Crippen LogP contribution in [0.15, 0.2) is 54.6 Å². The highest BCUT2D eigenvalue weighted by molar-refractivity contribution is 5.84. The van der Waals surface area contributed by atoms with Crippen LogP contribution in [0, 0.1) is 17.1 Å². The molecule has 0 aliphatic carbocycles. The third kappa shape index (κ3) is 5.52. The van der Waals surface area contributed by atoms with Crippen molar-refractivity contribution in [2.75, 3.05) is 19.8 Å². The molecule has 0 saturated carbocycles. The van der Waals surface area contributed by atoms with Crippen molar-refractivity contribution in [2.45, 2.75) is 45.0 Å². The van der Waals surface area contributed by atoms with Gasteiger partial charge in [0, 0.05) is 18.4 Å². The quantitative estimate of drug-likeness (QED) is 0.481. The lowest BCUT2D eigenvalue weighted by atomic mass is 9.98. The minimum atomic E-state index is -0.219. The van der Waals surface area contributed by atoms with Crippen molar-refractivity contribution in [1.29, 1.82) is 5.26 Å². The second kappa shape index (κ2) is 10.7. The van der Waals surface area contributed by atoms with Gasteiger partial charge < -0.3 is 14.2 Å². The molecule has 0 N–H and O–H groups in total. The van der Waals surface area contributed by atoms with Crippen LogP contribution in [0.1, 0.15) is 35.6 Å². The third-order valence-corrected chi connectivity index (χ3v) is 5.87. The average molecular weight is 434 g/mol. The largest absolute Gasteiger partial charge is 0.374 e. The molecule has 5 heteroatoms. The molecule has 1 aliphatic rings. The summed E-state index contributed by atoms with van der Waals surface area (Å²) in [4.78, 5) is 0. The molecule has 0 unspecified atom stereocenters. The van der Waals surface area contributed by atoms with Crippen molar-refractivity contribution in [1.82, 2.24) is 0 Å². The molecule has 3 aromatic carbocycles. The number of hydrogen-bond acceptors (Lipinski definition) is 4. The maximum absolute atomic E-state index is 15.1. The Kier molecular flexibility index (Phi) is 7.49. The molecule has 4 rings (SSSR count). The van der Waals surface area contributed by atoms with E-state index in [1.807, 2.05) is 43.3 Å². The Balaban J connectivity index is 1.36. The summed E-state index contributed by atoms with van der Waals surface area (Å²) in [6.45, 7) is 3.75. The standard InChI is InChI=1S/C27H28FNO3/c1-2-30-24-17-31-26(32-18-24)14-9-20-8-13-25-23(15-20)12-11-22(27(25)28)10-7-19-3-5-21(16-29)6-4-19/h3-6,8,11-13,15,24,26H,2,7,9-10,14,17-18H2,1H3. The maximum Gasteiger partial charge on any atom is 0.158 e. The number of nitriles is 1. The fourth-order valence-electron chi connectivity index (χ4n) is 4.07. The molecule has 1 saturated heterocycles. The van der Waals surface area contributed by atoms with Crippen LogP contribution in [-0.2, 0) is 33.5 Å². The zero-order valence-electron chi connectivity index (χ0n) is 18.4. The molecule has 166 valence electrons. The van der Waals surface area contributed by atoms with Gasteiger partial charge in [-0.25, -0.2) is 4.39 Å². The van der Waals surface area contributed by atoms with Gasteiger partial charge in [0.25, 0.3) is 0 Å². The number of ether oxygens (including phenoxy) is 3. The van der Waals surface area contributed by atoms with E-state index in [1.165, 1.54) is 0 Å². The first-order valence-corrected chi connectivity index (χ1v) is 11.2. The highest BCUT2D eigenvalue weighted by Gasteiger charge is 2.22. The molecule has 0 bridgehead atoms. The monoisotopic (exact) mass is 433 g/mol. The van der Waals surface area contributed by atoms with Crippen LogP contribution in [-0.4, -0.2) is 32.2 Å². The zero-order valence-corrected chi connectivity index (χ0v) is 18.4. The molecule has 1 heterocycles. The fourth-order valence-corrected chi connectivity index (χ4v) is 4.07. The van der Waals surface area contributed by atoms with E-state index in [9.17, 15) is 0 Å². The topological polar surface area (TPSA) is 51.5 Å². The van der Waals surface area contributed by atoms with E-state index in [2.05, 4.69) is 12.1 Å². The van der Waals surface area contributed by atoms with Crippen molar-refractivity contribution in [3.05, 3.63) is 82.7 Å². The molecule has 1 aliphatic heterocycles. The highest BCUT2D eigenvalue weighted by atomic mass is 19.1. The first-order chi connectivity index (χ1) is 15.7. The molecule has 32 heavy (non-hydrogen) atoms. The summed E-state index contributed by atoms with van der Waals surface area (Å²) in [6, 6.07) is 19.4. The van der Waals surface area contributed by atoms with Crippen LogP contribution in [0.3, 0.4) is 0 Å². The minimum absolute atomic E-state index is 0.0194. The minimum Gasteiger partial charge on any atom is -0.374 e. The Morgan fingerprint density at radius 1 is 0.969 bits per heavy atom. The van der Waals surface area contributed by atoms with Gasteiger partial charge in [0.05, 0.1) is 24.8 Å². The maximum atomic E-state index is 15.1. The van der Waals surface area contributed by atoms with Gasteiger partial charge in [-0.05, 0) is 60.4 Å².